The molecular formula is C26H57Al. The molecule has 0 aliphatic carbocycles. The second-order valence-electron chi connectivity index (χ2n) is 8.54. The van der Waals surface area contributed by atoms with E-state index in [2.05, 4.69) is 20.8 Å². The van der Waals surface area contributed by atoms with Gasteiger partial charge in [-0.3, -0.25) is 0 Å². The molecule has 1 heteroatoms. The summed E-state index contributed by atoms with van der Waals surface area (Å²) in [5.41, 5.74) is 0. The van der Waals surface area contributed by atoms with E-state index < -0.39 is 14.1 Å². The topological polar surface area (TPSA) is 0 Å². The first-order chi connectivity index (χ1) is 13.3. The fraction of sp³-hybridized carbons (Fsp3) is 1.00. The van der Waals surface area contributed by atoms with Crippen molar-refractivity contribution in [2.24, 2.45) is 0 Å². The van der Waals surface area contributed by atoms with E-state index in [1.807, 2.05) is 13.8 Å². The molecule has 0 bridgehead atoms. The lowest BCUT2D eigenvalue weighted by Crippen LogP contribution is -2.12. The van der Waals surface area contributed by atoms with Gasteiger partial charge in [0.1, 0.15) is 0 Å². The number of hydrogen-bond donors (Lipinski definition) is 0. The second kappa shape index (κ2) is 28.7. The Hall–Kier alpha value is 0.532. The van der Waals surface area contributed by atoms with Crippen molar-refractivity contribution in [2.45, 2.75) is 166 Å². The Kier molecular flexibility index (Phi) is 31.6. The third-order valence-electron chi connectivity index (χ3n) is 5.90. The molecule has 0 saturated carbocycles. The van der Waals surface area contributed by atoms with Gasteiger partial charge in [0.05, 0.1) is 0 Å². The summed E-state index contributed by atoms with van der Waals surface area (Å²) in [4.78, 5) is 0. The average Bonchev–Trinajstić information content (AvgIpc) is 2.70. The Labute approximate surface area is 180 Å². The van der Waals surface area contributed by atoms with E-state index in [1.165, 1.54) is 96.3 Å². The quantitative estimate of drug-likeness (QED) is 0.134. The van der Waals surface area contributed by atoms with Crippen LogP contribution in [0.5, 0.6) is 0 Å². The highest BCUT2D eigenvalue weighted by Gasteiger charge is 2.15. The molecule has 27 heavy (non-hydrogen) atoms. The number of unbranched alkanes of at least 4 members (excludes halogenated alkanes) is 15. The van der Waals surface area contributed by atoms with Crippen LogP contribution >= 0.6 is 0 Å². The fourth-order valence-electron chi connectivity index (χ4n) is 4.07. The zero-order valence-electron chi connectivity index (χ0n) is 20.4. The average molecular weight is 397 g/mol. The van der Waals surface area contributed by atoms with Crippen molar-refractivity contribution in [1.29, 1.82) is 0 Å². The highest BCUT2D eigenvalue weighted by molar-refractivity contribution is 6.58. The van der Waals surface area contributed by atoms with E-state index in [1.54, 1.807) is 35.1 Å². The van der Waals surface area contributed by atoms with Gasteiger partial charge in [-0.15, -0.1) is 0 Å². The maximum atomic E-state index is 2.32. The molecule has 0 N–H and O–H groups in total. The molecule has 0 rings (SSSR count). The first-order valence-electron chi connectivity index (χ1n) is 13.3. The molecule has 0 aromatic rings. The van der Waals surface area contributed by atoms with Crippen LogP contribution in [0.1, 0.15) is 150 Å². The summed E-state index contributed by atoms with van der Waals surface area (Å²) in [6.07, 6.45) is 26.7. The van der Waals surface area contributed by atoms with Crippen molar-refractivity contribution in [3.8, 4) is 0 Å². The standard InChI is InChI=1S/3C8H17.C2H6.Al/c3*1-3-5-7-8-6-4-2;1-2;/h3*1,3-8H2,2H3;1-2H3;. The van der Waals surface area contributed by atoms with Gasteiger partial charge < -0.3 is 0 Å². The summed E-state index contributed by atoms with van der Waals surface area (Å²) in [5.74, 6) is 0. The van der Waals surface area contributed by atoms with Gasteiger partial charge in [-0.2, -0.15) is 0 Å². The van der Waals surface area contributed by atoms with Crippen LogP contribution in [0.15, 0.2) is 0 Å². The van der Waals surface area contributed by atoms with Gasteiger partial charge in [0.25, 0.3) is 14.1 Å². The van der Waals surface area contributed by atoms with E-state index >= 15 is 0 Å². The SMILES string of the molecule is CC.CCCCCCC[CH2][Al]([CH2]CCCCCCC)[CH2]CCCCCCC. The molecule has 0 nitrogen and oxygen atoms in total. The first-order valence-corrected chi connectivity index (χ1v) is 15.8. The molecule has 0 amide bonds. The summed E-state index contributed by atoms with van der Waals surface area (Å²) in [6.45, 7) is 11.0. The van der Waals surface area contributed by atoms with Crippen molar-refractivity contribution < 1.29 is 0 Å². The summed E-state index contributed by atoms with van der Waals surface area (Å²) in [7, 11) is 0. The van der Waals surface area contributed by atoms with Crippen LogP contribution in [-0.2, 0) is 0 Å². The summed E-state index contributed by atoms with van der Waals surface area (Å²) in [5, 5.41) is 4.99. The van der Waals surface area contributed by atoms with Crippen LogP contribution < -0.4 is 0 Å². The molecule has 164 valence electrons. The van der Waals surface area contributed by atoms with Crippen LogP contribution in [0.2, 0.25) is 15.8 Å². The van der Waals surface area contributed by atoms with Gasteiger partial charge >= 0.3 is 0 Å². The second-order valence-corrected chi connectivity index (χ2v) is 12.0. The van der Waals surface area contributed by atoms with Gasteiger partial charge in [-0.25, -0.2) is 0 Å². The molecule has 0 aromatic heterocycles. The molecule has 0 aliphatic heterocycles. The largest absolute Gasteiger partial charge is 0.261 e. The highest BCUT2D eigenvalue weighted by Crippen LogP contribution is 2.20. The number of hydrogen-bond acceptors (Lipinski definition) is 0. The third-order valence-corrected chi connectivity index (χ3v) is 9.57. The Bertz CT molecular complexity index is 188. The van der Waals surface area contributed by atoms with E-state index in [4.69, 9.17) is 0 Å². The highest BCUT2D eigenvalue weighted by atomic mass is 27.2. The summed E-state index contributed by atoms with van der Waals surface area (Å²) < 4.78 is 0. The predicted molar refractivity (Wildman–Crippen MR) is 132 cm³/mol. The van der Waals surface area contributed by atoms with E-state index in [9.17, 15) is 0 Å². The zero-order chi connectivity index (χ0) is 20.4. The number of rotatable bonds is 21. The van der Waals surface area contributed by atoms with Crippen molar-refractivity contribution in [3.63, 3.8) is 0 Å². The summed E-state index contributed by atoms with van der Waals surface area (Å²) >= 11 is -0.410. The fourth-order valence-corrected chi connectivity index (χ4v) is 7.54. The molecule has 0 aliphatic rings. The first kappa shape index (κ1) is 29.7. The van der Waals surface area contributed by atoms with Crippen LogP contribution in [0.25, 0.3) is 0 Å². The van der Waals surface area contributed by atoms with Gasteiger partial charge in [0.15, 0.2) is 0 Å². The molecule has 0 atom stereocenters. The monoisotopic (exact) mass is 396 g/mol. The molecule has 0 spiro atoms. The van der Waals surface area contributed by atoms with Gasteiger partial charge in [-0.1, -0.05) is 166 Å². The van der Waals surface area contributed by atoms with Gasteiger partial charge in [0.2, 0.25) is 0 Å². The molecular weight excluding hydrogens is 339 g/mol. The minimum atomic E-state index is -0.410. The van der Waals surface area contributed by atoms with Gasteiger partial charge in [0, 0.05) is 0 Å². The smallest absolute Gasteiger partial charge is 0.0939 e. The molecule has 0 aromatic carbocycles. The Morgan fingerprint density at radius 2 is 0.556 bits per heavy atom. The Morgan fingerprint density at radius 1 is 0.333 bits per heavy atom. The van der Waals surface area contributed by atoms with E-state index in [0.717, 1.165) is 0 Å². The molecule has 0 radical (unpaired) electrons. The summed E-state index contributed by atoms with van der Waals surface area (Å²) in [6, 6.07) is 0. The van der Waals surface area contributed by atoms with E-state index in [0.29, 0.717) is 0 Å². The normalized spacial score (nSPS) is 10.6. The van der Waals surface area contributed by atoms with Crippen LogP contribution in [0.4, 0.5) is 0 Å². The lowest BCUT2D eigenvalue weighted by atomic mass is 10.1. The van der Waals surface area contributed by atoms with Gasteiger partial charge in [-0.05, 0) is 0 Å². The van der Waals surface area contributed by atoms with Crippen molar-refractivity contribution in [1.82, 2.24) is 0 Å². The predicted octanol–water partition coefficient (Wildman–Crippen LogP) is 10.6. The molecule has 0 saturated heterocycles. The maximum Gasteiger partial charge on any atom is 0.261 e. The van der Waals surface area contributed by atoms with Crippen LogP contribution in [-0.4, -0.2) is 14.1 Å². The Balaban J connectivity index is 0. The van der Waals surface area contributed by atoms with E-state index in [-0.39, 0.29) is 0 Å². The lowest BCUT2D eigenvalue weighted by molar-refractivity contribution is 0.610. The van der Waals surface area contributed by atoms with Crippen molar-refractivity contribution in [3.05, 3.63) is 0 Å². The zero-order valence-corrected chi connectivity index (χ0v) is 21.6. The third kappa shape index (κ3) is 26.5. The minimum absolute atomic E-state index is 0.410. The molecule has 0 unspecified atom stereocenters. The Morgan fingerprint density at radius 3 is 0.815 bits per heavy atom. The maximum absolute atomic E-state index is 2.32. The van der Waals surface area contributed by atoms with Crippen LogP contribution in [0, 0.1) is 0 Å². The van der Waals surface area contributed by atoms with Crippen molar-refractivity contribution in [2.75, 3.05) is 0 Å². The molecule has 0 fully saturated rings. The van der Waals surface area contributed by atoms with Crippen LogP contribution in [0.3, 0.4) is 0 Å². The van der Waals surface area contributed by atoms with Crippen molar-refractivity contribution >= 4 is 14.1 Å². The minimum Gasteiger partial charge on any atom is -0.0939 e. The molecule has 0 heterocycles. The lowest BCUT2D eigenvalue weighted by Gasteiger charge is -2.12.